The predicted octanol–water partition coefficient (Wildman–Crippen LogP) is 3.72. The van der Waals surface area contributed by atoms with Gasteiger partial charge in [0.25, 0.3) is 5.56 Å². The first-order valence-electron chi connectivity index (χ1n) is 16.3. The van der Waals surface area contributed by atoms with Crippen molar-refractivity contribution in [2.45, 2.75) is 33.7 Å². The maximum Gasteiger partial charge on any atom is 0.373 e. The van der Waals surface area contributed by atoms with Gasteiger partial charge in [-0.15, -0.1) is 0 Å². The standard InChI is InChI=1S/C18H23N3O2.C17H18N4O2.CO2/c1-3-17-14(2)12-19-21(17)13-18(22)15-4-6-16(7-5-15)20-8-10-23-11-9-20;1-12-10-18-21-11-15(19-17(22)16(12)21)13-2-4-14(5-3-13)20-6-8-23-9-7-20;2-1-3/h4-7,12H,3,8-11,13H2,1-2H3;2-5,10-11H,6-9H2,1H3,(H,19,22);. The van der Waals surface area contributed by atoms with Crippen LogP contribution >= 0.6 is 0 Å². The number of morpholine rings is 2. The lowest BCUT2D eigenvalue weighted by molar-refractivity contribution is -0.191. The van der Waals surface area contributed by atoms with Gasteiger partial charge >= 0.3 is 6.15 Å². The Balaban J connectivity index is 0.000000177. The molecule has 3 aromatic heterocycles. The molecule has 0 spiro atoms. The number of carbonyl (C=O) groups excluding carboxylic acids is 3. The van der Waals surface area contributed by atoms with Gasteiger partial charge in [-0.25, -0.2) is 4.52 Å². The van der Waals surface area contributed by atoms with Crippen molar-refractivity contribution in [1.82, 2.24) is 24.4 Å². The second-order valence-electron chi connectivity index (χ2n) is 11.7. The highest BCUT2D eigenvalue weighted by atomic mass is 16.5. The van der Waals surface area contributed by atoms with Crippen molar-refractivity contribution in [2.75, 3.05) is 62.4 Å². The maximum absolute atomic E-state index is 12.5. The summed E-state index contributed by atoms with van der Waals surface area (Å²) in [6.07, 6.45) is 6.52. The molecule has 0 saturated carbocycles. The van der Waals surface area contributed by atoms with Gasteiger partial charge in [0.05, 0.1) is 50.7 Å². The smallest absolute Gasteiger partial charge is 0.373 e. The van der Waals surface area contributed by atoms with E-state index < -0.39 is 0 Å². The monoisotopic (exact) mass is 667 g/mol. The van der Waals surface area contributed by atoms with E-state index in [4.69, 9.17) is 19.1 Å². The molecular formula is C36H41N7O6. The molecule has 0 aliphatic carbocycles. The van der Waals surface area contributed by atoms with E-state index in [0.29, 0.717) is 12.1 Å². The van der Waals surface area contributed by atoms with Crippen LogP contribution in [-0.4, -0.2) is 88.9 Å². The van der Waals surface area contributed by atoms with Crippen LogP contribution in [0.15, 0.2) is 71.9 Å². The zero-order valence-corrected chi connectivity index (χ0v) is 28.1. The van der Waals surface area contributed by atoms with Crippen molar-refractivity contribution in [3.8, 4) is 11.3 Å². The minimum atomic E-state index is -0.116. The minimum Gasteiger partial charge on any atom is -0.378 e. The van der Waals surface area contributed by atoms with Gasteiger partial charge in [-0.2, -0.15) is 19.8 Å². The fourth-order valence-electron chi connectivity index (χ4n) is 5.99. The number of benzene rings is 2. The Hall–Kier alpha value is -5.36. The van der Waals surface area contributed by atoms with Crippen molar-refractivity contribution in [2.24, 2.45) is 0 Å². The second-order valence-corrected chi connectivity index (χ2v) is 11.7. The number of carbonyl (C=O) groups is 1. The molecule has 13 heteroatoms. The van der Waals surface area contributed by atoms with Crippen LogP contribution in [0.4, 0.5) is 11.4 Å². The van der Waals surface area contributed by atoms with Gasteiger partial charge in [-0.05, 0) is 67.8 Å². The van der Waals surface area contributed by atoms with Gasteiger partial charge in [-0.1, -0.05) is 19.1 Å². The molecule has 0 amide bonds. The summed E-state index contributed by atoms with van der Waals surface area (Å²) in [6, 6.07) is 16.1. The average molecular weight is 668 g/mol. The van der Waals surface area contributed by atoms with Crippen LogP contribution in [0.2, 0.25) is 0 Å². The van der Waals surface area contributed by atoms with E-state index in [-0.39, 0.29) is 17.5 Å². The summed E-state index contributed by atoms with van der Waals surface area (Å²) in [5, 5.41) is 8.55. The SMILES string of the molecule is CCc1c(C)cnn1CC(=O)c1ccc(N2CCOCC2)cc1.Cc1cnn2cc(-c3ccc(N4CCOCC4)cc3)[nH]c(=O)c12.O=C=O. The Bertz CT molecular complexity index is 1930. The Kier molecular flexibility index (Phi) is 11.9. The van der Waals surface area contributed by atoms with Crippen molar-refractivity contribution in [1.29, 1.82) is 0 Å². The van der Waals surface area contributed by atoms with Crippen LogP contribution in [0.5, 0.6) is 0 Å². The number of nitrogens with zero attached hydrogens (tertiary/aromatic N) is 6. The van der Waals surface area contributed by atoms with Crippen LogP contribution in [0.3, 0.4) is 0 Å². The minimum absolute atomic E-state index is 0.0938. The highest BCUT2D eigenvalue weighted by Gasteiger charge is 2.15. The number of H-pyrrole nitrogens is 1. The van der Waals surface area contributed by atoms with Crippen molar-refractivity contribution in [3.05, 3.63) is 99.9 Å². The van der Waals surface area contributed by atoms with Crippen LogP contribution in [0, 0.1) is 13.8 Å². The van der Waals surface area contributed by atoms with Crippen LogP contribution < -0.4 is 15.4 Å². The first kappa shape index (κ1) is 35.0. The summed E-state index contributed by atoms with van der Waals surface area (Å²) in [5.41, 5.74) is 8.41. The Morgan fingerprint density at radius 2 is 1.35 bits per heavy atom. The lowest BCUT2D eigenvalue weighted by Crippen LogP contribution is -2.36. The van der Waals surface area contributed by atoms with Crippen LogP contribution in [0.25, 0.3) is 16.8 Å². The molecule has 1 N–H and O–H groups in total. The number of hydrogen-bond donors (Lipinski definition) is 1. The quantitative estimate of drug-likeness (QED) is 0.255. The van der Waals surface area contributed by atoms with Crippen LogP contribution in [-0.2, 0) is 32.0 Å². The molecule has 49 heavy (non-hydrogen) atoms. The second kappa shape index (κ2) is 16.6. The fraction of sp³-hybridized carbons (Fsp3) is 0.361. The summed E-state index contributed by atoms with van der Waals surface area (Å²) < 4.78 is 14.2. The molecule has 0 radical (unpaired) electrons. The molecule has 7 rings (SSSR count). The number of hydrogen-bond acceptors (Lipinski definition) is 10. The molecule has 2 aliphatic heterocycles. The van der Waals surface area contributed by atoms with Gasteiger partial charge in [0.1, 0.15) is 12.1 Å². The molecule has 2 aromatic carbocycles. The molecule has 0 unspecified atom stereocenters. The van der Waals surface area contributed by atoms with E-state index in [1.54, 1.807) is 10.7 Å². The number of ketones is 1. The van der Waals surface area contributed by atoms with Crippen LogP contribution in [0.1, 0.15) is 34.1 Å². The molecule has 5 aromatic rings. The summed E-state index contributed by atoms with van der Waals surface area (Å²) in [5.74, 6) is 0.0938. The summed E-state index contributed by atoms with van der Waals surface area (Å²) in [4.78, 5) is 48.5. The molecule has 2 saturated heterocycles. The van der Waals surface area contributed by atoms with E-state index in [1.165, 1.54) is 5.69 Å². The largest absolute Gasteiger partial charge is 0.378 e. The van der Waals surface area contributed by atoms with Crippen molar-refractivity contribution < 1.29 is 23.9 Å². The first-order valence-corrected chi connectivity index (χ1v) is 16.3. The van der Waals surface area contributed by atoms with Crippen molar-refractivity contribution >= 4 is 28.8 Å². The highest BCUT2D eigenvalue weighted by molar-refractivity contribution is 5.96. The van der Waals surface area contributed by atoms with E-state index in [1.807, 2.05) is 67.3 Å². The third-order valence-corrected chi connectivity index (χ3v) is 8.60. The molecule has 5 heterocycles. The summed E-state index contributed by atoms with van der Waals surface area (Å²) in [6.45, 7) is 13.0. The van der Waals surface area contributed by atoms with Gasteiger partial charge in [0.2, 0.25) is 0 Å². The molecule has 0 bridgehead atoms. The molecule has 256 valence electrons. The number of fused-ring (bicyclic) bond motifs is 1. The summed E-state index contributed by atoms with van der Waals surface area (Å²) in [7, 11) is 0. The molecule has 13 nitrogen and oxygen atoms in total. The van der Waals surface area contributed by atoms with E-state index in [2.05, 4.69) is 44.0 Å². The maximum atomic E-state index is 12.5. The molecule has 2 fully saturated rings. The molecule has 0 atom stereocenters. The zero-order valence-electron chi connectivity index (χ0n) is 28.1. The van der Waals surface area contributed by atoms with Gasteiger partial charge in [-0.3, -0.25) is 14.3 Å². The number of Topliss-reactive ketones (excluding diaryl/α,β-unsaturated/α-hetero) is 1. The Morgan fingerprint density at radius 3 is 1.90 bits per heavy atom. The first-order chi connectivity index (χ1) is 23.8. The fourth-order valence-corrected chi connectivity index (χ4v) is 5.99. The van der Waals surface area contributed by atoms with E-state index in [0.717, 1.165) is 98.4 Å². The lowest BCUT2D eigenvalue weighted by atomic mass is 10.1. The molecular weight excluding hydrogens is 626 g/mol. The average Bonchev–Trinajstić information content (AvgIpc) is 3.70. The highest BCUT2D eigenvalue weighted by Crippen LogP contribution is 2.22. The Morgan fingerprint density at radius 1 is 0.816 bits per heavy atom. The zero-order chi connectivity index (χ0) is 34.8. The third-order valence-electron chi connectivity index (χ3n) is 8.60. The number of aromatic nitrogens is 5. The number of rotatable bonds is 7. The predicted molar refractivity (Wildman–Crippen MR) is 184 cm³/mol. The van der Waals surface area contributed by atoms with Gasteiger partial charge in [0, 0.05) is 54.4 Å². The number of aryl methyl sites for hydroxylation is 2. The van der Waals surface area contributed by atoms with E-state index in [9.17, 15) is 9.59 Å². The topological polar surface area (TPSA) is 144 Å². The number of nitrogens with one attached hydrogen (secondary N) is 1. The normalized spacial score (nSPS) is 14.3. The van der Waals surface area contributed by atoms with E-state index >= 15 is 0 Å². The van der Waals surface area contributed by atoms with Crippen molar-refractivity contribution in [3.63, 3.8) is 0 Å². The van der Waals surface area contributed by atoms with Gasteiger partial charge < -0.3 is 24.3 Å². The molecule has 2 aliphatic rings. The van der Waals surface area contributed by atoms with Gasteiger partial charge in [0.15, 0.2) is 5.78 Å². The lowest BCUT2D eigenvalue weighted by Gasteiger charge is -2.28. The Labute approximate surface area is 284 Å². The third kappa shape index (κ3) is 8.57. The number of anilines is 2. The summed E-state index contributed by atoms with van der Waals surface area (Å²) >= 11 is 0. The number of ether oxygens (including phenoxy) is 2. The number of aromatic amines is 1.